The van der Waals surface area contributed by atoms with Gasteiger partial charge in [-0.15, -0.1) is 0 Å². The molecule has 0 bridgehead atoms. The van der Waals surface area contributed by atoms with Gasteiger partial charge < -0.3 is 9.88 Å². The molecule has 24 heavy (non-hydrogen) atoms. The third-order valence-electron chi connectivity index (χ3n) is 5.25. The summed E-state index contributed by atoms with van der Waals surface area (Å²) in [5, 5.41) is 4.15. The number of carbonyl (C=O) groups excluding carboxylic acids is 1. The van der Waals surface area contributed by atoms with E-state index in [4.69, 9.17) is 4.98 Å². The maximum absolute atomic E-state index is 12.6. The van der Waals surface area contributed by atoms with Gasteiger partial charge in [-0.2, -0.15) is 0 Å². The maximum atomic E-state index is 12.6. The molecule has 1 aromatic heterocycles. The molecule has 136 valence electrons. The molecule has 1 aromatic rings. The van der Waals surface area contributed by atoms with Crippen molar-refractivity contribution in [2.24, 2.45) is 5.92 Å². The highest BCUT2D eigenvalue weighted by atomic mass is 32.2. The smallest absolute Gasteiger partial charge is 0.233 e. The Balaban J connectivity index is 1.99. The zero-order chi connectivity index (χ0) is 17.7. The molecule has 1 saturated carbocycles. The molecule has 1 amide bonds. The van der Waals surface area contributed by atoms with Gasteiger partial charge in [0.25, 0.3) is 0 Å². The number of nitrogens with one attached hydrogen (secondary N) is 1. The molecule has 3 unspecified atom stereocenters. The van der Waals surface area contributed by atoms with Crippen molar-refractivity contribution in [2.75, 3.05) is 0 Å². The summed E-state index contributed by atoms with van der Waals surface area (Å²) in [4.78, 5) is 17.3. The van der Waals surface area contributed by atoms with E-state index in [1.54, 1.807) is 11.8 Å². The number of aromatic nitrogens is 2. The van der Waals surface area contributed by atoms with Gasteiger partial charge in [0.1, 0.15) is 0 Å². The fourth-order valence-corrected chi connectivity index (χ4v) is 4.37. The van der Waals surface area contributed by atoms with Gasteiger partial charge in [0.05, 0.1) is 10.9 Å². The van der Waals surface area contributed by atoms with Crippen molar-refractivity contribution in [1.82, 2.24) is 14.9 Å². The lowest BCUT2D eigenvalue weighted by atomic mass is 9.86. The molecule has 5 heteroatoms. The zero-order valence-electron chi connectivity index (χ0n) is 15.9. The lowest BCUT2D eigenvalue weighted by Crippen LogP contribution is -2.44. The van der Waals surface area contributed by atoms with Crippen molar-refractivity contribution in [3.05, 3.63) is 11.4 Å². The summed E-state index contributed by atoms with van der Waals surface area (Å²) in [5.74, 6) is 0.745. The van der Waals surface area contributed by atoms with Crippen molar-refractivity contribution in [2.45, 2.75) is 96.1 Å². The summed E-state index contributed by atoms with van der Waals surface area (Å²) in [7, 11) is 0. The average molecular weight is 352 g/mol. The van der Waals surface area contributed by atoms with Gasteiger partial charge >= 0.3 is 0 Å². The van der Waals surface area contributed by atoms with E-state index in [2.05, 4.69) is 37.6 Å². The maximum Gasteiger partial charge on any atom is 0.233 e. The highest BCUT2D eigenvalue weighted by Crippen LogP contribution is 2.27. The quantitative estimate of drug-likeness (QED) is 0.737. The summed E-state index contributed by atoms with van der Waals surface area (Å²) in [5.41, 5.74) is 2.29. The number of thioether (sulfide) groups is 1. The van der Waals surface area contributed by atoms with Gasteiger partial charge in [-0.1, -0.05) is 44.9 Å². The number of nitrogens with zero attached hydrogens (tertiary/aromatic N) is 2. The number of amides is 1. The first-order valence-electron chi connectivity index (χ1n) is 9.44. The van der Waals surface area contributed by atoms with E-state index in [-0.39, 0.29) is 11.2 Å². The molecule has 2 rings (SSSR count). The standard InChI is InChI=1S/C19H33N3OS/c1-6-7-12-22-15(4)14(3)20-19(22)24-16(5)18(23)21-17-11-9-8-10-13(17)2/h13,16-17H,6-12H2,1-5H3,(H,21,23). The Hall–Kier alpha value is -0.970. The van der Waals surface area contributed by atoms with Gasteiger partial charge in [0.2, 0.25) is 5.91 Å². The second kappa shape index (κ2) is 8.93. The molecule has 0 aliphatic heterocycles. The van der Waals surface area contributed by atoms with Gasteiger partial charge in [-0.05, 0) is 46.0 Å². The molecule has 1 heterocycles. The number of hydrogen-bond donors (Lipinski definition) is 1. The summed E-state index contributed by atoms with van der Waals surface area (Å²) in [6.07, 6.45) is 7.18. The predicted molar refractivity (Wildman–Crippen MR) is 101 cm³/mol. The van der Waals surface area contributed by atoms with Crippen LogP contribution in [0.25, 0.3) is 0 Å². The van der Waals surface area contributed by atoms with E-state index < -0.39 is 0 Å². The largest absolute Gasteiger partial charge is 0.352 e. The Bertz CT molecular complexity index is 555. The first-order valence-corrected chi connectivity index (χ1v) is 10.3. The van der Waals surface area contributed by atoms with E-state index >= 15 is 0 Å². The van der Waals surface area contributed by atoms with Crippen LogP contribution in [0.15, 0.2) is 5.16 Å². The van der Waals surface area contributed by atoms with E-state index in [1.165, 1.54) is 25.0 Å². The van der Waals surface area contributed by atoms with E-state index in [0.29, 0.717) is 12.0 Å². The molecule has 0 radical (unpaired) electrons. The lowest BCUT2D eigenvalue weighted by molar-refractivity contribution is -0.121. The van der Waals surface area contributed by atoms with Crippen LogP contribution in [0.3, 0.4) is 0 Å². The van der Waals surface area contributed by atoms with Crippen LogP contribution in [0, 0.1) is 19.8 Å². The van der Waals surface area contributed by atoms with Crippen molar-refractivity contribution < 1.29 is 4.79 Å². The third kappa shape index (κ3) is 4.78. The van der Waals surface area contributed by atoms with E-state index in [1.807, 2.05) is 6.92 Å². The molecule has 3 atom stereocenters. The average Bonchev–Trinajstić information content (AvgIpc) is 2.81. The highest BCUT2D eigenvalue weighted by molar-refractivity contribution is 8.00. The number of imidazole rings is 1. The van der Waals surface area contributed by atoms with Crippen LogP contribution in [0.2, 0.25) is 0 Å². The zero-order valence-corrected chi connectivity index (χ0v) is 16.7. The van der Waals surface area contributed by atoms with Crippen molar-refractivity contribution in [3.8, 4) is 0 Å². The molecule has 1 aliphatic carbocycles. The van der Waals surface area contributed by atoms with Crippen LogP contribution in [-0.4, -0.2) is 26.8 Å². The number of aryl methyl sites for hydroxylation is 1. The van der Waals surface area contributed by atoms with Crippen LogP contribution in [-0.2, 0) is 11.3 Å². The molecule has 1 aliphatic rings. The van der Waals surface area contributed by atoms with Crippen molar-refractivity contribution >= 4 is 17.7 Å². The molecular weight excluding hydrogens is 318 g/mol. The Morgan fingerprint density at radius 3 is 2.75 bits per heavy atom. The normalized spacial score (nSPS) is 22.4. The van der Waals surface area contributed by atoms with Crippen molar-refractivity contribution in [3.63, 3.8) is 0 Å². The SMILES string of the molecule is CCCCn1c(SC(C)C(=O)NC2CCCCC2C)nc(C)c1C. The Morgan fingerprint density at radius 1 is 1.38 bits per heavy atom. The summed E-state index contributed by atoms with van der Waals surface area (Å²) in [6.45, 7) is 11.6. The second-order valence-corrected chi connectivity index (χ2v) is 8.52. The van der Waals surface area contributed by atoms with Gasteiger partial charge in [-0.3, -0.25) is 4.79 Å². The Kier molecular flexibility index (Phi) is 7.20. The fraction of sp³-hybridized carbons (Fsp3) is 0.789. The summed E-state index contributed by atoms with van der Waals surface area (Å²) < 4.78 is 2.27. The van der Waals surface area contributed by atoms with Crippen LogP contribution < -0.4 is 5.32 Å². The van der Waals surface area contributed by atoms with Gasteiger partial charge in [-0.25, -0.2) is 4.98 Å². The van der Waals surface area contributed by atoms with Gasteiger partial charge in [0, 0.05) is 18.3 Å². The van der Waals surface area contributed by atoms with Crippen LogP contribution in [0.4, 0.5) is 0 Å². The number of hydrogen-bond acceptors (Lipinski definition) is 3. The summed E-state index contributed by atoms with van der Waals surface area (Å²) in [6, 6.07) is 0.345. The number of carbonyl (C=O) groups is 1. The summed E-state index contributed by atoms with van der Waals surface area (Å²) >= 11 is 1.59. The predicted octanol–water partition coefficient (Wildman–Crippen LogP) is 4.48. The minimum atomic E-state index is -0.110. The topological polar surface area (TPSA) is 46.9 Å². The minimum Gasteiger partial charge on any atom is -0.352 e. The van der Waals surface area contributed by atoms with Crippen molar-refractivity contribution in [1.29, 1.82) is 0 Å². The number of unbranched alkanes of at least 4 members (excludes halogenated alkanes) is 1. The fourth-order valence-electron chi connectivity index (χ4n) is 3.34. The molecule has 0 aromatic carbocycles. The second-order valence-electron chi connectivity index (χ2n) is 7.21. The molecule has 1 fully saturated rings. The first-order chi connectivity index (χ1) is 11.4. The Morgan fingerprint density at radius 2 is 2.08 bits per heavy atom. The third-order valence-corrected chi connectivity index (χ3v) is 6.34. The molecule has 0 spiro atoms. The Labute approximate surface area is 151 Å². The molecule has 4 nitrogen and oxygen atoms in total. The van der Waals surface area contributed by atoms with Crippen LogP contribution in [0.1, 0.15) is 70.7 Å². The number of rotatable bonds is 7. The van der Waals surface area contributed by atoms with E-state index in [9.17, 15) is 4.79 Å². The minimum absolute atomic E-state index is 0.110. The van der Waals surface area contributed by atoms with E-state index in [0.717, 1.165) is 36.7 Å². The van der Waals surface area contributed by atoms with Crippen LogP contribution >= 0.6 is 11.8 Å². The van der Waals surface area contributed by atoms with Crippen LogP contribution in [0.5, 0.6) is 0 Å². The first kappa shape index (κ1) is 19.4. The molecule has 0 saturated heterocycles. The molecular formula is C19H33N3OS. The monoisotopic (exact) mass is 351 g/mol. The lowest BCUT2D eigenvalue weighted by Gasteiger charge is -2.30. The van der Waals surface area contributed by atoms with Gasteiger partial charge in [0.15, 0.2) is 5.16 Å². The highest BCUT2D eigenvalue weighted by Gasteiger charge is 2.26. The molecule has 1 N–H and O–H groups in total.